The van der Waals surface area contributed by atoms with Crippen LogP contribution in [0.3, 0.4) is 0 Å². The molecule has 138 valence electrons. The second kappa shape index (κ2) is 8.28. The van der Waals surface area contributed by atoms with Crippen LogP contribution < -0.4 is 5.32 Å². The van der Waals surface area contributed by atoms with Gasteiger partial charge in [0, 0.05) is 24.0 Å². The number of hydrogen-bond donors (Lipinski definition) is 1. The molecular formula is C16H20N6OS3. The molecule has 0 atom stereocenters. The Morgan fingerprint density at radius 2 is 2.08 bits per heavy atom. The van der Waals surface area contributed by atoms with Gasteiger partial charge in [-0.1, -0.05) is 0 Å². The lowest BCUT2D eigenvalue weighted by molar-refractivity contribution is 0.102. The summed E-state index contributed by atoms with van der Waals surface area (Å²) in [5.74, 6) is -0.151. The molecule has 0 aromatic carbocycles. The van der Waals surface area contributed by atoms with E-state index in [-0.39, 0.29) is 5.91 Å². The van der Waals surface area contributed by atoms with Crippen molar-refractivity contribution in [2.45, 2.75) is 36.2 Å². The number of aromatic nitrogens is 5. The maximum absolute atomic E-state index is 12.7. The molecule has 0 aliphatic carbocycles. The van der Waals surface area contributed by atoms with Crippen molar-refractivity contribution >= 4 is 46.7 Å². The van der Waals surface area contributed by atoms with Crippen LogP contribution in [0.15, 0.2) is 27.8 Å². The summed E-state index contributed by atoms with van der Waals surface area (Å²) in [6.07, 6.45) is 9.23. The first-order valence-corrected chi connectivity index (χ1v) is 11.2. The van der Waals surface area contributed by atoms with E-state index in [9.17, 15) is 4.79 Å². The van der Waals surface area contributed by atoms with E-state index in [0.717, 1.165) is 27.0 Å². The van der Waals surface area contributed by atoms with Gasteiger partial charge in [-0.2, -0.15) is 14.6 Å². The molecule has 0 saturated heterocycles. The van der Waals surface area contributed by atoms with E-state index in [2.05, 4.69) is 33.7 Å². The van der Waals surface area contributed by atoms with E-state index in [0.29, 0.717) is 17.8 Å². The van der Waals surface area contributed by atoms with Gasteiger partial charge >= 0.3 is 0 Å². The Labute approximate surface area is 164 Å². The Morgan fingerprint density at radius 1 is 1.27 bits per heavy atom. The molecule has 0 radical (unpaired) electrons. The van der Waals surface area contributed by atoms with Crippen LogP contribution in [-0.2, 0) is 13.1 Å². The molecule has 26 heavy (non-hydrogen) atoms. The van der Waals surface area contributed by atoms with Crippen LogP contribution in [0.2, 0.25) is 0 Å². The summed E-state index contributed by atoms with van der Waals surface area (Å²) in [6, 6.07) is 0. The number of nitrogens with one attached hydrogen (secondary N) is 1. The third-order valence-electron chi connectivity index (χ3n) is 3.96. The minimum absolute atomic E-state index is 0.151. The fourth-order valence-corrected chi connectivity index (χ4v) is 4.85. The van der Waals surface area contributed by atoms with Gasteiger partial charge in [0.15, 0.2) is 0 Å². The molecule has 0 fully saturated rings. The van der Waals surface area contributed by atoms with Gasteiger partial charge in [-0.3, -0.25) is 14.2 Å². The van der Waals surface area contributed by atoms with Crippen molar-refractivity contribution in [2.75, 3.05) is 17.8 Å². The zero-order valence-electron chi connectivity index (χ0n) is 15.0. The zero-order chi connectivity index (χ0) is 18.7. The van der Waals surface area contributed by atoms with Gasteiger partial charge in [0.05, 0.1) is 34.4 Å². The quantitative estimate of drug-likeness (QED) is 0.602. The molecule has 0 saturated carbocycles. The van der Waals surface area contributed by atoms with E-state index in [1.165, 1.54) is 35.1 Å². The lowest BCUT2D eigenvalue weighted by Crippen LogP contribution is -2.12. The maximum atomic E-state index is 12.7. The smallest absolute Gasteiger partial charge is 0.260 e. The monoisotopic (exact) mass is 408 g/mol. The second-order valence-corrected chi connectivity index (χ2v) is 8.15. The second-order valence-electron chi connectivity index (χ2n) is 5.51. The average molecular weight is 409 g/mol. The summed E-state index contributed by atoms with van der Waals surface area (Å²) in [6.45, 7) is 5.58. The van der Waals surface area contributed by atoms with E-state index in [4.69, 9.17) is 0 Å². The van der Waals surface area contributed by atoms with Crippen molar-refractivity contribution in [1.82, 2.24) is 23.9 Å². The number of anilines is 1. The van der Waals surface area contributed by atoms with Crippen LogP contribution in [0.1, 0.15) is 28.5 Å². The fourth-order valence-electron chi connectivity index (χ4n) is 2.57. The van der Waals surface area contributed by atoms with Gasteiger partial charge in [-0.05, 0) is 37.9 Å². The molecule has 3 aromatic rings. The third kappa shape index (κ3) is 3.81. The van der Waals surface area contributed by atoms with Gasteiger partial charge in [0.25, 0.3) is 5.91 Å². The van der Waals surface area contributed by atoms with E-state index < -0.39 is 0 Å². The molecule has 3 heterocycles. The highest BCUT2D eigenvalue weighted by Crippen LogP contribution is 2.33. The number of amides is 1. The maximum Gasteiger partial charge on any atom is 0.260 e. The average Bonchev–Trinajstić information content (AvgIpc) is 3.34. The minimum atomic E-state index is -0.151. The van der Waals surface area contributed by atoms with Gasteiger partial charge < -0.3 is 5.32 Å². The molecule has 0 spiro atoms. The Hall–Kier alpha value is -1.78. The number of hydrogen-bond acceptors (Lipinski definition) is 7. The predicted octanol–water partition coefficient (Wildman–Crippen LogP) is 3.61. The van der Waals surface area contributed by atoms with Crippen molar-refractivity contribution in [1.29, 1.82) is 0 Å². The Morgan fingerprint density at radius 3 is 2.73 bits per heavy atom. The van der Waals surface area contributed by atoms with Crippen LogP contribution in [0.25, 0.3) is 0 Å². The molecule has 0 bridgehead atoms. The number of rotatable bonds is 7. The Kier molecular flexibility index (Phi) is 6.05. The molecular weight excluding hydrogens is 388 g/mol. The van der Waals surface area contributed by atoms with Crippen molar-refractivity contribution in [3.05, 3.63) is 35.4 Å². The first kappa shape index (κ1) is 19.0. The Balaban J connectivity index is 1.73. The largest absolute Gasteiger partial charge is 0.319 e. The number of thioether (sulfide) groups is 2. The molecule has 0 aliphatic heterocycles. The highest BCUT2D eigenvalue weighted by molar-refractivity contribution is 8.01. The molecule has 3 rings (SSSR count). The van der Waals surface area contributed by atoms with Crippen LogP contribution in [0.5, 0.6) is 0 Å². The predicted molar refractivity (Wildman–Crippen MR) is 108 cm³/mol. The number of carbonyl (C=O) groups excluding carboxylic acids is 1. The third-order valence-corrected chi connectivity index (χ3v) is 6.70. The van der Waals surface area contributed by atoms with Crippen LogP contribution >= 0.6 is 35.1 Å². The zero-order valence-corrected chi connectivity index (χ0v) is 17.5. The standard InChI is InChI=1S/C16H20N6OS3/c1-5-22-10(2)11(6-18-22)8-21-9-12(7-17-21)19-14(23)13-15(24-3)20-26-16(13)25-4/h6-7,9H,5,8H2,1-4H3,(H,19,23). The highest BCUT2D eigenvalue weighted by Gasteiger charge is 2.20. The van der Waals surface area contributed by atoms with Gasteiger partial charge in [-0.25, -0.2) is 0 Å². The summed E-state index contributed by atoms with van der Waals surface area (Å²) in [7, 11) is 0. The summed E-state index contributed by atoms with van der Waals surface area (Å²) in [5.41, 5.74) is 3.56. The van der Waals surface area contributed by atoms with Crippen molar-refractivity contribution in [3.63, 3.8) is 0 Å². The SMILES string of the molecule is CCn1ncc(Cn2cc(NC(=O)c3c(SC)nsc3SC)cn2)c1C. The van der Waals surface area contributed by atoms with Gasteiger partial charge in [-0.15, -0.1) is 23.5 Å². The highest BCUT2D eigenvalue weighted by atomic mass is 32.2. The normalized spacial score (nSPS) is 11.1. The van der Waals surface area contributed by atoms with E-state index >= 15 is 0 Å². The summed E-state index contributed by atoms with van der Waals surface area (Å²) >= 11 is 4.37. The van der Waals surface area contributed by atoms with E-state index in [1.54, 1.807) is 10.9 Å². The fraction of sp³-hybridized carbons (Fsp3) is 0.375. The van der Waals surface area contributed by atoms with Gasteiger partial charge in [0.2, 0.25) is 0 Å². The molecule has 0 unspecified atom stereocenters. The van der Waals surface area contributed by atoms with Crippen molar-refractivity contribution in [3.8, 4) is 0 Å². The molecule has 1 amide bonds. The van der Waals surface area contributed by atoms with E-state index in [1.807, 2.05) is 29.6 Å². The van der Waals surface area contributed by atoms with Gasteiger partial charge in [0.1, 0.15) is 5.03 Å². The lowest BCUT2D eigenvalue weighted by Gasteiger charge is -2.04. The van der Waals surface area contributed by atoms with Crippen LogP contribution in [0.4, 0.5) is 5.69 Å². The van der Waals surface area contributed by atoms with Crippen LogP contribution in [0, 0.1) is 6.92 Å². The number of carbonyl (C=O) groups is 1. The van der Waals surface area contributed by atoms with Crippen molar-refractivity contribution in [2.24, 2.45) is 0 Å². The molecule has 0 aliphatic rings. The van der Waals surface area contributed by atoms with Crippen molar-refractivity contribution < 1.29 is 4.79 Å². The summed E-state index contributed by atoms with van der Waals surface area (Å²) in [4.78, 5) is 12.7. The number of aryl methyl sites for hydroxylation is 1. The first-order chi connectivity index (χ1) is 12.6. The first-order valence-electron chi connectivity index (χ1n) is 8.00. The lowest BCUT2D eigenvalue weighted by atomic mass is 10.2. The molecule has 10 heteroatoms. The molecule has 7 nitrogen and oxygen atoms in total. The topological polar surface area (TPSA) is 77.6 Å². The molecule has 3 aromatic heterocycles. The number of nitrogens with zero attached hydrogens (tertiary/aromatic N) is 5. The minimum Gasteiger partial charge on any atom is -0.319 e. The Bertz CT molecular complexity index is 892. The summed E-state index contributed by atoms with van der Waals surface area (Å²) in [5, 5.41) is 12.4. The van der Waals surface area contributed by atoms with Crippen LogP contribution in [-0.4, -0.2) is 42.4 Å². The molecule has 1 N–H and O–H groups in total. The summed E-state index contributed by atoms with van der Waals surface area (Å²) < 4.78 is 9.02.